The summed E-state index contributed by atoms with van der Waals surface area (Å²) in [6.07, 6.45) is 0.889. The van der Waals surface area contributed by atoms with Gasteiger partial charge in [-0.05, 0) is 27.7 Å². The predicted octanol–water partition coefficient (Wildman–Crippen LogP) is -0.0979. The molecule has 0 aliphatic carbocycles. The minimum atomic E-state index is -0.500. The molecule has 0 aromatic heterocycles. The van der Waals surface area contributed by atoms with E-state index in [4.69, 9.17) is 20.4 Å². The van der Waals surface area contributed by atoms with Gasteiger partial charge in [0.05, 0.1) is 24.4 Å². The molecule has 0 bridgehead atoms. The van der Waals surface area contributed by atoms with E-state index >= 15 is 0 Å². The van der Waals surface area contributed by atoms with Crippen molar-refractivity contribution in [1.29, 1.82) is 0 Å². The van der Waals surface area contributed by atoms with Crippen molar-refractivity contribution in [2.24, 2.45) is 0 Å². The Morgan fingerprint density at radius 2 is 0.733 bits per heavy atom. The summed E-state index contributed by atoms with van der Waals surface area (Å²) >= 11 is 0. The number of rotatable bonds is 4. The van der Waals surface area contributed by atoms with Crippen molar-refractivity contribution in [2.75, 3.05) is 0 Å². The zero-order valence-electron chi connectivity index (χ0n) is 9.55. The summed E-state index contributed by atoms with van der Waals surface area (Å²) in [4.78, 5) is 0. The Labute approximate surface area is 103 Å². The van der Waals surface area contributed by atoms with Gasteiger partial charge in [0.2, 0.25) is 0 Å². The summed E-state index contributed by atoms with van der Waals surface area (Å²) in [7, 11) is 0. The topological polar surface area (TPSA) is 80.9 Å². The second-order valence-electron chi connectivity index (χ2n) is 3.35. The molecule has 0 saturated carbocycles. The van der Waals surface area contributed by atoms with Gasteiger partial charge < -0.3 is 20.4 Å². The van der Waals surface area contributed by atoms with E-state index in [0.29, 0.717) is 0 Å². The van der Waals surface area contributed by atoms with E-state index in [-0.39, 0.29) is 17.1 Å². The van der Waals surface area contributed by atoms with E-state index < -0.39 is 24.4 Å². The van der Waals surface area contributed by atoms with Crippen LogP contribution in [0.15, 0.2) is 0 Å². The molecule has 15 heavy (non-hydrogen) atoms. The molecule has 3 radical (unpaired) electrons. The second-order valence-corrected chi connectivity index (χ2v) is 3.35. The third-order valence-electron chi connectivity index (χ3n) is 1.11. The molecule has 0 aliphatic rings. The zero-order chi connectivity index (χ0) is 11.7. The van der Waals surface area contributed by atoms with E-state index in [1.807, 2.05) is 0 Å². The quantitative estimate of drug-likeness (QED) is 0.538. The minimum absolute atomic E-state index is 0. The molecule has 4 N–H and O–H groups in total. The molecule has 0 aromatic rings. The first-order valence-corrected chi connectivity index (χ1v) is 4.68. The van der Waals surface area contributed by atoms with Crippen LogP contribution >= 0.6 is 0 Å². The van der Waals surface area contributed by atoms with Crippen molar-refractivity contribution in [3.63, 3.8) is 0 Å². The summed E-state index contributed by atoms with van der Waals surface area (Å²) in [5.41, 5.74) is 0. The van der Waals surface area contributed by atoms with Gasteiger partial charge in [-0.3, -0.25) is 0 Å². The minimum Gasteiger partial charge on any atom is -0.393 e. The third-order valence-corrected chi connectivity index (χ3v) is 1.11. The average Bonchev–Trinajstić information content (AvgIpc) is 1.79. The van der Waals surface area contributed by atoms with Crippen LogP contribution in [0.5, 0.6) is 0 Å². The first-order valence-electron chi connectivity index (χ1n) is 4.68. The first kappa shape index (κ1) is 20.7. The van der Waals surface area contributed by atoms with Gasteiger partial charge in [0.1, 0.15) is 0 Å². The van der Waals surface area contributed by atoms with Crippen LogP contribution in [0.4, 0.5) is 0 Å². The van der Waals surface area contributed by atoms with Gasteiger partial charge in [-0.1, -0.05) is 0 Å². The molecule has 97 valence electrons. The summed E-state index contributed by atoms with van der Waals surface area (Å²) in [5, 5.41) is 34.0. The molecule has 0 saturated heterocycles. The molecule has 0 heterocycles. The molecular formula is C10H22CuO4. The van der Waals surface area contributed by atoms with Crippen LogP contribution in [-0.4, -0.2) is 44.8 Å². The van der Waals surface area contributed by atoms with Crippen LogP contribution in [0.3, 0.4) is 0 Å². The molecule has 0 spiro atoms. The number of aliphatic hydroxyl groups is 4. The second kappa shape index (κ2) is 12.4. The van der Waals surface area contributed by atoms with E-state index in [2.05, 4.69) is 0 Å². The number of aliphatic hydroxyl groups excluding tert-OH is 4. The number of hydrogen-bond acceptors (Lipinski definition) is 4. The third kappa shape index (κ3) is 31.4. The summed E-state index contributed by atoms with van der Waals surface area (Å²) in [6.45, 7) is 6.42. The average molecular weight is 270 g/mol. The first-order chi connectivity index (χ1) is 6.25. The van der Waals surface area contributed by atoms with E-state index in [0.717, 1.165) is 0 Å². The van der Waals surface area contributed by atoms with Crippen LogP contribution in [-0.2, 0) is 17.1 Å². The standard InChI is InChI=1S/2C5H11O2.Cu/c2*1-4(6)3-5(2)7;/h2*3-7H,1-2H3;. The maximum atomic E-state index is 8.51. The van der Waals surface area contributed by atoms with Crippen LogP contribution in [0, 0.1) is 12.8 Å². The van der Waals surface area contributed by atoms with Crippen molar-refractivity contribution in [2.45, 2.75) is 52.1 Å². The fraction of sp³-hybridized carbons (Fsp3) is 0.800. The van der Waals surface area contributed by atoms with Gasteiger partial charge in [0.15, 0.2) is 0 Å². The van der Waals surface area contributed by atoms with Crippen molar-refractivity contribution in [1.82, 2.24) is 0 Å². The van der Waals surface area contributed by atoms with Crippen molar-refractivity contribution < 1.29 is 37.5 Å². The van der Waals surface area contributed by atoms with Gasteiger partial charge in [-0.2, -0.15) is 0 Å². The Kier molecular flexibility index (Phi) is 17.2. The molecule has 0 aromatic carbocycles. The molecular weight excluding hydrogens is 248 g/mol. The molecule has 4 atom stereocenters. The molecule has 0 amide bonds. The molecule has 0 fully saturated rings. The molecule has 4 nitrogen and oxygen atoms in total. The van der Waals surface area contributed by atoms with Crippen molar-refractivity contribution in [3.8, 4) is 0 Å². The monoisotopic (exact) mass is 269 g/mol. The van der Waals surface area contributed by atoms with Crippen molar-refractivity contribution in [3.05, 3.63) is 12.8 Å². The normalized spacial score (nSPS) is 17.6. The smallest absolute Gasteiger partial charge is 0.0569 e. The van der Waals surface area contributed by atoms with E-state index in [9.17, 15) is 0 Å². The Hall–Kier alpha value is 0.359. The molecule has 0 rings (SSSR count). The SMILES string of the molecule is CC(O)[CH]C(C)O.CC(O)[CH]C(C)O.[Cu]. The Balaban J connectivity index is -0.000000180. The maximum Gasteiger partial charge on any atom is 0.0569 e. The van der Waals surface area contributed by atoms with Gasteiger partial charge in [-0.15, -0.1) is 0 Å². The van der Waals surface area contributed by atoms with Crippen LogP contribution in [0.25, 0.3) is 0 Å². The molecule has 4 unspecified atom stereocenters. The maximum absolute atomic E-state index is 8.51. The summed E-state index contributed by atoms with van der Waals surface area (Å²) < 4.78 is 0. The molecule has 5 heteroatoms. The van der Waals surface area contributed by atoms with Gasteiger partial charge >= 0.3 is 0 Å². The van der Waals surface area contributed by atoms with Crippen LogP contribution in [0.2, 0.25) is 0 Å². The van der Waals surface area contributed by atoms with Crippen LogP contribution in [0.1, 0.15) is 27.7 Å². The predicted molar refractivity (Wildman–Crippen MR) is 55.3 cm³/mol. The Bertz CT molecular complexity index is 90.0. The van der Waals surface area contributed by atoms with Crippen LogP contribution < -0.4 is 0 Å². The fourth-order valence-corrected chi connectivity index (χ4v) is 0.806. The Morgan fingerprint density at radius 1 is 0.600 bits per heavy atom. The van der Waals surface area contributed by atoms with Gasteiger partial charge in [0.25, 0.3) is 0 Å². The fourth-order valence-electron chi connectivity index (χ4n) is 0.806. The largest absolute Gasteiger partial charge is 0.393 e. The summed E-state index contributed by atoms with van der Waals surface area (Å²) in [5.74, 6) is 0. The van der Waals surface area contributed by atoms with E-state index in [1.54, 1.807) is 27.7 Å². The zero-order valence-corrected chi connectivity index (χ0v) is 10.5. The number of hydrogen-bond donors (Lipinski definition) is 4. The van der Waals surface area contributed by atoms with Gasteiger partial charge in [0, 0.05) is 29.9 Å². The van der Waals surface area contributed by atoms with E-state index in [1.165, 1.54) is 12.8 Å². The molecule has 0 aliphatic heterocycles. The summed E-state index contributed by atoms with van der Waals surface area (Å²) in [6, 6.07) is 0. The van der Waals surface area contributed by atoms with Gasteiger partial charge in [-0.25, -0.2) is 0 Å². The van der Waals surface area contributed by atoms with Crippen molar-refractivity contribution >= 4 is 0 Å². The Morgan fingerprint density at radius 3 is 0.733 bits per heavy atom.